The predicted octanol–water partition coefficient (Wildman–Crippen LogP) is 5.16. The number of rotatable bonds is 3. The number of aryl methyl sites for hydroxylation is 1. The average molecular weight is 353 g/mol. The zero-order valence-electron chi connectivity index (χ0n) is 13.0. The molecular weight excluding hydrogens is 338 g/mol. The quantitative estimate of drug-likeness (QED) is 0.553. The molecule has 0 aliphatic heterocycles. The second kappa shape index (κ2) is 5.61. The van der Waals surface area contributed by atoms with E-state index in [-0.39, 0.29) is 4.90 Å². The van der Waals surface area contributed by atoms with Gasteiger partial charge in [-0.05, 0) is 47.3 Å². The van der Waals surface area contributed by atoms with E-state index in [9.17, 15) is 8.42 Å². The lowest BCUT2D eigenvalue weighted by Crippen LogP contribution is -2.13. The highest BCUT2D eigenvalue weighted by Gasteiger charge is 2.17. The Morgan fingerprint density at radius 2 is 1.67 bits per heavy atom. The van der Waals surface area contributed by atoms with Gasteiger partial charge in [-0.1, -0.05) is 42.0 Å². The molecule has 4 aromatic rings. The number of anilines is 1. The highest BCUT2D eigenvalue weighted by molar-refractivity contribution is 7.92. The largest absolute Gasteiger partial charge is 0.279 e. The van der Waals surface area contributed by atoms with Gasteiger partial charge in [-0.3, -0.25) is 4.72 Å². The smallest absolute Gasteiger partial charge is 0.261 e. The molecule has 1 aromatic heterocycles. The Balaban J connectivity index is 1.86. The van der Waals surface area contributed by atoms with Crippen LogP contribution in [0, 0.1) is 6.92 Å². The van der Waals surface area contributed by atoms with Gasteiger partial charge in [0.15, 0.2) is 0 Å². The lowest BCUT2D eigenvalue weighted by Gasteiger charge is -2.11. The summed E-state index contributed by atoms with van der Waals surface area (Å²) in [6.07, 6.45) is 0. The monoisotopic (exact) mass is 353 g/mol. The average Bonchev–Trinajstić information content (AvgIpc) is 3.05. The van der Waals surface area contributed by atoms with E-state index in [1.807, 2.05) is 42.6 Å². The molecule has 0 atom stereocenters. The first kappa shape index (κ1) is 15.2. The maximum absolute atomic E-state index is 12.7. The van der Waals surface area contributed by atoms with E-state index in [0.717, 1.165) is 26.4 Å². The van der Waals surface area contributed by atoms with Crippen LogP contribution in [0.15, 0.2) is 70.9 Å². The van der Waals surface area contributed by atoms with E-state index in [4.69, 9.17) is 0 Å². The molecule has 4 rings (SSSR count). The third-order valence-electron chi connectivity index (χ3n) is 4.04. The fraction of sp³-hybridized carbons (Fsp3) is 0.0526. The van der Waals surface area contributed by atoms with Crippen LogP contribution in [0.2, 0.25) is 0 Å². The molecule has 1 heterocycles. The summed E-state index contributed by atoms with van der Waals surface area (Å²) in [5.41, 5.74) is 1.64. The second-order valence-corrected chi connectivity index (χ2v) is 8.33. The molecule has 0 saturated carbocycles. The molecule has 0 unspecified atom stereocenters. The van der Waals surface area contributed by atoms with Crippen molar-refractivity contribution in [3.8, 4) is 0 Å². The molecule has 120 valence electrons. The van der Waals surface area contributed by atoms with Gasteiger partial charge in [-0.2, -0.15) is 0 Å². The summed E-state index contributed by atoms with van der Waals surface area (Å²) in [6, 6.07) is 18.7. The molecular formula is C19H15NO2S2. The van der Waals surface area contributed by atoms with Crippen LogP contribution < -0.4 is 4.72 Å². The molecule has 5 heteroatoms. The van der Waals surface area contributed by atoms with Gasteiger partial charge in [0, 0.05) is 10.1 Å². The molecule has 0 spiro atoms. The van der Waals surface area contributed by atoms with Crippen molar-refractivity contribution in [3.05, 3.63) is 71.6 Å². The molecule has 24 heavy (non-hydrogen) atoms. The summed E-state index contributed by atoms with van der Waals surface area (Å²) in [6.45, 7) is 1.93. The Morgan fingerprint density at radius 3 is 2.46 bits per heavy atom. The predicted molar refractivity (Wildman–Crippen MR) is 101 cm³/mol. The van der Waals surface area contributed by atoms with Gasteiger partial charge in [-0.25, -0.2) is 8.42 Å². The standard InChI is InChI=1S/C19H15NO2S2/c1-13-6-8-15(9-7-13)24(21,22)20-18-12-14-4-2-3-5-16(14)19-17(18)10-11-23-19/h2-12,20H,1H3. The molecule has 3 aromatic carbocycles. The van der Waals surface area contributed by atoms with Crippen LogP contribution in [-0.4, -0.2) is 8.42 Å². The van der Waals surface area contributed by atoms with Gasteiger partial charge in [-0.15, -0.1) is 11.3 Å². The fourth-order valence-corrected chi connectivity index (χ4v) is 4.83. The minimum absolute atomic E-state index is 0.268. The highest BCUT2D eigenvalue weighted by Crippen LogP contribution is 2.36. The zero-order chi connectivity index (χ0) is 16.7. The lowest BCUT2D eigenvalue weighted by molar-refractivity contribution is 0.601. The molecule has 0 bridgehead atoms. The summed E-state index contributed by atoms with van der Waals surface area (Å²) in [5.74, 6) is 0. The molecule has 3 nitrogen and oxygen atoms in total. The third kappa shape index (κ3) is 2.56. The van der Waals surface area contributed by atoms with E-state index >= 15 is 0 Å². The van der Waals surface area contributed by atoms with Crippen molar-refractivity contribution in [2.45, 2.75) is 11.8 Å². The first-order valence-corrected chi connectivity index (χ1v) is 9.89. The number of hydrogen-bond donors (Lipinski definition) is 1. The van der Waals surface area contributed by atoms with E-state index in [1.165, 1.54) is 0 Å². The van der Waals surface area contributed by atoms with E-state index in [1.54, 1.807) is 35.6 Å². The number of sulfonamides is 1. The minimum Gasteiger partial charge on any atom is -0.279 e. The van der Waals surface area contributed by atoms with Crippen molar-refractivity contribution >= 4 is 47.9 Å². The number of thiophene rings is 1. The Bertz CT molecular complexity index is 1140. The summed E-state index contributed by atoms with van der Waals surface area (Å²) in [5, 5.41) is 5.07. The van der Waals surface area contributed by atoms with Crippen molar-refractivity contribution in [1.29, 1.82) is 0 Å². The molecule has 0 amide bonds. The maximum Gasteiger partial charge on any atom is 0.261 e. The van der Waals surface area contributed by atoms with E-state index in [2.05, 4.69) is 10.8 Å². The van der Waals surface area contributed by atoms with Crippen LogP contribution in [0.4, 0.5) is 5.69 Å². The Morgan fingerprint density at radius 1 is 0.917 bits per heavy atom. The first-order chi connectivity index (χ1) is 11.5. The minimum atomic E-state index is -3.61. The SMILES string of the molecule is Cc1ccc(S(=O)(=O)Nc2cc3ccccc3c3sccc23)cc1. The summed E-state index contributed by atoms with van der Waals surface area (Å²) in [4.78, 5) is 0.268. The normalized spacial score (nSPS) is 11.9. The molecule has 1 N–H and O–H groups in total. The van der Waals surface area contributed by atoms with Crippen LogP contribution in [0.1, 0.15) is 5.56 Å². The van der Waals surface area contributed by atoms with Crippen LogP contribution in [0.25, 0.3) is 20.9 Å². The van der Waals surface area contributed by atoms with Crippen molar-refractivity contribution < 1.29 is 8.42 Å². The van der Waals surface area contributed by atoms with Gasteiger partial charge in [0.2, 0.25) is 0 Å². The second-order valence-electron chi connectivity index (χ2n) is 5.73. The molecule has 0 saturated heterocycles. The number of hydrogen-bond acceptors (Lipinski definition) is 3. The van der Waals surface area contributed by atoms with Crippen molar-refractivity contribution in [3.63, 3.8) is 0 Å². The van der Waals surface area contributed by atoms with Crippen molar-refractivity contribution in [1.82, 2.24) is 0 Å². The van der Waals surface area contributed by atoms with Crippen LogP contribution in [0.3, 0.4) is 0 Å². The fourth-order valence-electron chi connectivity index (χ4n) is 2.80. The molecule has 0 aliphatic rings. The lowest BCUT2D eigenvalue weighted by atomic mass is 10.1. The summed E-state index contributed by atoms with van der Waals surface area (Å²) < 4.78 is 29.3. The van der Waals surface area contributed by atoms with E-state index in [0.29, 0.717) is 5.69 Å². The third-order valence-corrected chi connectivity index (χ3v) is 6.37. The first-order valence-electron chi connectivity index (χ1n) is 7.53. The van der Waals surface area contributed by atoms with E-state index < -0.39 is 10.0 Å². The summed E-state index contributed by atoms with van der Waals surface area (Å²) >= 11 is 1.62. The Kier molecular flexibility index (Phi) is 3.55. The summed E-state index contributed by atoms with van der Waals surface area (Å²) in [7, 11) is -3.61. The highest BCUT2D eigenvalue weighted by atomic mass is 32.2. The zero-order valence-corrected chi connectivity index (χ0v) is 14.6. The Labute approximate surface area is 144 Å². The van der Waals surface area contributed by atoms with Crippen molar-refractivity contribution in [2.75, 3.05) is 4.72 Å². The van der Waals surface area contributed by atoms with Crippen LogP contribution in [0.5, 0.6) is 0 Å². The maximum atomic E-state index is 12.7. The van der Waals surface area contributed by atoms with Gasteiger partial charge in [0.25, 0.3) is 10.0 Å². The number of fused-ring (bicyclic) bond motifs is 3. The van der Waals surface area contributed by atoms with Crippen LogP contribution >= 0.6 is 11.3 Å². The number of nitrogens with one attached hydrogen (secondary N) is 1. The van der Waals surface area contributed by atoms with Crippen LogP contribution in [-0.2, 0) is 10.0 Å². The molecule has 0 fully saturated rings. The van der Waals surface area contributed by atoms with Gasteiger partial charge >= 0.3 is 0 Å². The molecule has 0 radical (unpaired) electrons. The van der Waals surface area contributed by atoms with Gasteiger partial charge < -0.3 is 0 Å². The van der Waals surface area contributed by atoms with Crippen molar-refractivity contribution in [2.24, 2.45) is 0 Å². The number of benzene rings is 3. The topological polar surface area (TPSA) is 46.2 Å². The molecule has 0 aliphatic carbocycles. The Hall–Kier alpha value is -2.37. The van der Waals surface area contributed by atoms with Gasteiger partial charge in [0.05, 0.1) is 10.6 Å². The van der Waals surface area contributed by atoms with Gasteiger partial charge in [0.1, 0.15) is 0 Å².